The second-order valence-corrected chi connectivity index (χ2v) is 7.62. The number of thioether (sulfide) groups is 1. The molecule has 0 radical (unpaired) electrons. The van der Waals surface area contributed by atoms with Crippen LogP contribution in [0.15, 0.2) is 53.6 Å². The SMILES string of the molecule is N#Cc1cc(C(=O)Nc2ccccc2)c(N)nc1SCc1cc(F)cc2c1OCOC2. The Morgan fingerprint density at radius 2 is 2.10 bits per heavy atom. The summed E-state index contributed by atoms with van der Waals surface area (Å²) in [6.07, 6.45) is 0. The number of nitrogen functional groups attached to an aromatic ring is 1. The number of nitrogens with one attached hydrogen (secondary N) is 1. The summed E-state index contributed by atoms with van der Waals surface area (Å²) in [4.78, 5) is 16.8. The lowest BCUT2D eigenvalue weighted by Crippen LogP contribution is -2.16. The van der Waals surface area contributed by atoms with E-state index in [2.05, 4.69) is 10.3 Å². The van der Waals surface area contributed by atoms with Crippen molar-refractivity contribution in [3.05, 3.63) is 76.6 Å². The number of fused-ring (bicyclic) bond motifs is 1. The highest BCUT2D eigenvalue weighted by molar-refractivity contribution is 7.98. The number of aromatic nitrogens is 1. The van der Waals surface area contributed by atoms with Crippen LogP contribution in [-0.4, -0.2) is 17.7 Å². The molecule has 1 aromatic heterocycles. The Hall–Kier alpha value is -3.61. The second-order valence-electron chi connectivity index (χ2n) is 6.66. The third kappa shape index (κ3) is 4.60. The van der Waals surface area contributed by atoms with E-state index in [-0.39, 0.29) is 30.3 Å². The maximum absolute atomic E-state index is 14.0. The van der Waals surface area contributed by atoms with E-state index < -0.39 is 11.7 Å². The highest BCUT2D eigenvalue weighted by Gasteiger charge is 2.20. The van der Waals surface area contributed by atoms with Gasteiger partial charge in [-0.15, -0.1) is 11.8 Å². The topological polar surface area (TPSA) is 110 Å². The van der Waals surface area contributed by atoms with E-state index in [4.69, 9.17) is 15.2 Å². The van der Waals surface area contributed by atoms with E-state index in [1.54, 1.807) is 24.3 Å². The molecule has 9 heteroatoms. The summed E-state index contributed by atoms with van der Waals surface area (Å²) in [5.74, 6) is 0.0177. The Kier molecular flexibility index (Phi) is 6.02. The van der Waals surface area contributed by atoms with Gasteiger partial charge in [0.25, 0.3) is 5.91 Å². The lowest BCUT2D eigenvalue weighted by Gasteiger charge is -2.20. The Morgan fingerprint density at radius 1 is 1.29 bits per heavy atom. The first-order valence-corrected chi connectivity index (χ1v) is 10.3. The summed E-state index contributed by atoms with van der Waals surface area (Å²) < 4.78 is 24.7. The molecule has 1 aliphatic rings. The maximum Gasteiger partial charge on any atom is 0.259 e. The highest BCUT2D eigenvalue weighted by atomic mass is 32.2. The number of rotatable bonds is 5. The van der Waals surface area contributed by atoms with Crippen LogP contribution in [0.3, 0.4) is 0 Å². The van der Waals surface area contributed by atoms with Crippen molar-refractivity contribution in [2.75, 3.05) is 17.8 Å². The van der Waals surface area contributed by atoms with Crippen LogP contribution in [0.25, 0.3) is 0 Å². The zero-order valence-electron chi connectivity index (χ0n) is 16.2. The number of nitrogens with two attached hydrogens (primary N) is 1. The van der Waals surface area contributed by atoms with Crippen molar-refractivity contribution in [2.45, 2.75) is 17.4 Å². The van der Waals surface area contributed by atoms with E-state index in [1.807, 2.05) is 12.1 Å². The summed E-state index contributed by atoms with van der Waals surface area (Å²) in [7, 11) is 0. The molecule has 0 aliphatic carbocycles. The van der Waals surface area contributed by atoms with E-state index in [1.165, 1.54) is 30.0 Å². The van der Waals surface area contributed by atoms with E-state index >= 15 is 0 Å². The first-order chi connectivity index (χ1) is 15.0. The molecule has 2 heterocycles. The Bertz CT molecular complexity index is 1180. The maximum atomic E-state index is 14.0. The van der Waals surface area contributed by atoms with Crippen LogP contribution >= 0.6 is 11.8 Å². The summed E-state index contributed by atoms with van der Waals surface area (Å²) in [6, 6.07) is 15.1. The number of carbonyl (C=O) groups excluding carboxylic acids is 1. The summed E-state index contributed by atoms with van der Waals surface area (Å²) in [5.41, 5.74) is 8.17. The minimum atomic E-state index is -0.461. The van der Waals surface area contributed by atoms with Gasteiger partial charge in [0.2, 0.25) is 0 Å². The number of halogens is 1. The first-order valence-electron chi connectivity index (χ1n) is 9.27. The van der Waals surface area contributed by atoms with Gasteiger partial charge in [0, 0.05) is 22.6 Å². The van der Waals surface area contributed by atoms with Crippen molar-refractivity contribution in [3.63, 3.8) is 0 Å². The van der Waals surface area contributed by atoms with Crippen LogP contribution in [0.1, 0.15) is 27.0 Å². The summed E-state index contributed by atoms with van der Waals surface area (Å²) in [5, 5.41) is 12.6. The van der Waals surface area contributed by atoms with E-state index in [0.29, 0.717) is 33.3 Å². The van der Waals surface area contributed by atoms with Gasteiger partial charge < -0.3 is 20.5 Å². The predicted octanol–water partition coefficient (Wildman–Crippen LogP) is 4.09. The van der Waals surface area contributed by atoms with Gasteiger partial charge in [0.15, 0.2) is 6.79 Å². The van der Waals surface area contributed by atoms with Crippen LogP contribution in [0.5, 0.6) is 5.75 Å². The van der Waals surface area contributed by atoms with Crippen molar-refractivity contribution in [1.82, 2.24) is 4.98 Å². The molecule has 3 aromatic rings. The molecule has 1 aliphatic heterocycles. The van der Waals surface area contributed by atoms with E-state index in [0.717, 1.165) is 0 Å². The van der Waals surface area contributed by atoms with Gasteiger partial charge in [0.1, 0.15) is 28.5 Å². The van der Waals surface area contributed by atoms with E-state index in [9.17, 15) is 14.4 Å². The smallest absolute Gasteiger partial charge is 0.259 e. The van der Waals surface area contributed by atoms with Gasteiger partial charge in [-0.05, 0) is 30.3 Å². The molecule has 31 heavy (non-hydrogen) atoms. The van der Waals surface area contributed by atoms with Crippen LogP contribution < -0.4 is 15.8 Å². The quantitative estimate of drug-likeness (QED) is 0.580. The summed E-state index contributed by atoms with van der Waals surface area (Å²) >= 11 is 1.21. The lowest BCUT2D eigenvalue weighted by molar-refractivity contribution is -0.0171. The molecule has 3 N–H and O–H groups in total. The largest absolute Gasteiger partial charge is 0.467 e. The number of hydrogen-bond acceptors (Lipinski definition) is 7. The molecule has 1 amide bonds. The minimum Gasteiger partial charge on any atom is -0.467 e. The Balaban J connectivity index is 1.56. The van der Waals surface area contributed by atoms with Gasteiger partial charge >= 0.3 is 0 Å². The fourth-order valence-electron chi connectivity index (χ4n) is 3.11. The summed E-state index contributed by atoms with van der Waals surface area (Å²) in [6.45, 7) is 0.362. The molecule has 0 unspecified atom stereocenters. The number of carbonyl (C=O) groups is 1. The van der Waals surface area contributed by atoms with Gasteiger partial charge in [-0.25, -0.2) is 9.37 Å². The fraction of sp³-hybridized carbons (Fsp3) is 0.136. The minimum absolute atomic E-state index is 0.000789. The molecule has 0 bridgehead atoms. The molecule has 156 valence electrons. The number of amides is 1. The standard InChI is InChI=1S/C22H17FN4O3S/c23-16-6-14-10-29-12-30-19(14)15(7-16)11-31-22-13(9-24)8-18(20(25)27-22)21(28)26-17-4-2-1-3-5-17/h1-8H,10-12H2,(H2,25,27)(H,26,28). The van der Waals surface area contributed by atoms with Gasteiger partial charge in [-0.1, -0.05) is 18.2 Å². The van der Waals surface area contributed by atoms with Gasteiger partial charge in [-0.3, -0.25) is 4.79 Å². The first kappa shape index (κ1) is 20.7. The van der Waals surface area contributed by atoms with Gasteiger partial charge in [0.05, 0.1) is 17.7 Å². The van der Waals surface area contributed by atoms with Crippen molar-refractivity contribution in [2.24, 2.45) is 0 Å². The highest BCUT2D eigenvalue weighted by Crippen LogP contribution is 2.35. The van der Waals surface area contributed by atoms with Gasteiger partial charge in [-0.2, -0.15) is 5.26 Å². The molecule has 0 spiro atoms. The lowest BCUT2D eigenvalue weighted by atomic mass is 10.1. The number of nitrogens with zero attached hydrogens (tertiary/aromatic N) is 2. The van der Waals surface area contributed by atoms with Crippen molar-refractivity contribution in [1.29, 1.82) is 5.26 Å². The average Bonchev–Trinajstić information content (AvgIpc) is 2.78. The average molecular weight is 436 g/mol. The third-order valence-corrected chi connectivity index (χ3v) is 5.57. The zero-order valence-corrected chi connectivity index (χ0v) is 17.0. The Morgan fingerprint density at radius 3 is 2.87 bits per heavy atom. The Labute approximate surface area is 182 Å². The molecule has 2 aromatic carbocycles. The van der Waals surface area contributed by atoms with Crippen molar-refractivity contribution in [3.8, 4) is 11.8 Å². The number of para-hydroxylation sites is 1. The number of ether oxygens (including phenoxy) is 2. The predicted molar refractivity (Wildman–Crippen MR) is 114 cm³/mol. The number of pyridine rings is 1. The van der Waals surface area contributed by atoms with Crippen molar-refractivity contribution < 1.29 is 18.7 Å². The van der Waals surface area contributed by atoms with Crippen LogP contribution in [0.2, 0.25) is 0 Å². The molecular weight excluding hydrogens is 419 g/mol. The molecule has 4 rings (SSSR count). The molecular formula is C22H17FN4O3S. The van der Waals surface area contributed by atoms with Crippen LogP contribution in [-0.2, 0) is 17.1 Å². The normalized spacial score (nSPS) is 12.4. The molecule has 0 saturated carbocycles. The number of hydrogen-bond donors (Lipinski definition) is 2. The number of benzene rings is 2. The third-order valence-electron chi connectivity index (χ3n) is 4.53. The number of anilines is 2. The molecule has 0 atom stereocenters. The molecule has 7 nitrogen and oxygen atoms in total. The van der Waals surface area contributed by atoms with Crippen LogP contribution in [0.4, 0.5) is 15.9 Å². The van der Waals surface area contributed by atoms with Crippen LogP contribution in [0, 0.1) is 17.1 Å². The van der Waals surface area contributed by atoms with Crippen molar-refractivity contribution >= 4 is 29.2 Å². The fourth-order valence-corrected chi connectivity index (χ4v) is 4.04. The zero-order chi connectivity index (χ0) is 21.8. The molecule has 0 saturated heterocycles. The number of nitriles is 1. The molecule has 0 fully saturated rings. The second kappa shape index (κ2) is 9.04. The monoisotopic (exact) mass is 436 g/mol.